The van der Waals surface area contributed by atoms with E-state index in [1.807, 2.05) is 12.1 Å². The van der Waals surface area contributed by atoms with Crippen molar-refractivity contribution >= 4 is 39.1 Å². The number of benzene rings is 2. The molecule has 0 fully saturated rings. The SMILES string of the molecule is O=C(COc1ccc(Cl)c(F)c1)Nc1ccccc1Br. The quantitative estimate of drug-likeness (QED) is 0.887. The highest BCUT2D eigenvalue weighted by molar-refractivity contribution is 9.10. The van der Waals surface area contributed by atoms with Crippen LogP contribution in [0.3, 0.4) is 0 Å². The molecule has 0 bridgehead atoms. The van der Waals surface area contributed by atoms with Crippen LogP contribution in [0.5, 0.6) is 5.75 Å². The molecule has 2 aromatic rings. The van der Waals surface area contributed by atoms with Gasteiger partial charge in [-0.1, -0.05) is 23.7 Å². The summed E-state index contributed by atoms with van der Waals surface area (Å²) in [6.07, 6.45) is 0. The number of para-hydroxylation sites is 1. The molecule has 3 nitrogen and oxygen atoms in total. The largest absolute Gasteiger partial charge is 0.484 e. The fourth-order valence-electron chi connectivity index (χ4n) is 1.46. The Morgan fingerprint density at radius 1 is 1.30 bits per heavy atom. The lowest BCUT2D eigenvalue weighted by molar-refractivity contribution is -0.118. The zero-order chi connectivity index (χ0) is 14.5. The molecular weight excluding hydrogens is 349 g/mol. The summed E-state index contributed by atoms with van der Waals surface area (Å²) in [5, 5.41) is 2.69. The molecule has 2 rings (SSSR count). The molecule has 0 aliphatic carbocycles. The van der Waals surface area contributed by atoms with Crippen molar-refractivity contribution in [2.45, 2.75) is 0 Å². The molecule has 0 unspecified atom stereocenters. The van der Waals surface area contributed by atoms with Gasteiger partial charge in [-0.2, -0.15) is 0 Å². The van der Waals surface area contributed by atoms with Crippen molar-refractivity contribution in [2.24, 2.45) is 0 Å². The van der Waals surface area contributed by atoms with Gasteiger partial charge in [0, 0.05) is 10.5 Å². The number of carbonyl (C=O) groups is 1. The highest BCUT2D eigenvalue weighted by Crippen LogP contribution is 2.22. The zero-order valence-electron chi connectivity index (χ0n) is 10.2. The number of ether oxygens (including phenoxy) is 1. The van der Waals surface area contributed by atoms with E-state index in [9.17, 15) is 9.18 Å². The lowest BCUT2D eigenvalue weighted by atomic mass is 10.3. The number of amides is 1. The van der Waals surface area contributed by atoms with Gasteiger partial charge in [0.05, 0.1) is 10.7 Å². The summed E-state index contributed by atoms with van der Waals surface area (Å²) in [7, 11) is 0. The van der Waals surface area contributed by atoms with Crippen molar-refractivity contribution in [1.29, 1.82) is 0 Å². The normalized spacial score (nSPS) is 10.2. The molecular formula is C14H10BrClFNO2. The van der Waals surface area contributed by atoms with Crippen LogP contribution in [0.25, 0.3) is 0 Å². The first-order valence-corrected chi connectivity index (χ1v) is 6.85. The summed E-state index contributed by atoms with van der Waals surface area (Å²) in [5.74, 6) is -0.684. The smallest absolute Gasteiger partial charge is 0.262 e. The summed E-state index contributed by atoms with van der Waals surface area (Å²) in [6.45, 7) is -0.220. The lowest BCUT2D eigenvalue weighted by Gasteiger charge is -2.09. The Hall–Kier alpha value is -1.59. The van der Waals surface area contributed by atoms with Crippen LogP contribution in [0.4, 0.5) is 10.1 Å². The third-order valence-electron chi connectivity index (χ3n) is 2.41. The average Bonchev–Trinajstić information content (AvgIpc) is 2.43. The number of anilines is 1. The van der Waals surface area contributed by atoms with Crippen LogP contribution < -0.4 is 10.1 Å². The standard InChI is InChI=1S/C14H10BrClFNO2/c15-10-3-1-2-4-13(10)18-14(19)8-20-9-5-6-11(16)12(17)7-9/h1-7H,8H2,(H,18,19). The number of hydrogen-bond acceptors (Lipinski definition) is 2. The third-order valence-corrected chi connectivity index (χ3v) is 3.41. The van der Waals surface area contributed by atoms with E-state index in [1.165, 1.54) is 12.1 Å². The van der Waals surface area contributed by atoms with E-state index in [1.54, 1.807) is 12.1 Å². The van der Waals surface area contributed by atoms with Crippen LogP contribution in [0.1, 0.15) is 0 Å². The van der Waals surface area contributed by atoms with Crippen molar-refractivity contribution in [3.8, 4) is 5.75 Å². The molecule has 2 aromatic carbocycles. The maximum atomic E-state index is 13.2. The van der Waals surface area contributed by atoms with Gasteiger partial charge in [-0.3, -0.25) is 4.79 Å². The fourth-order valence-corrected chi connectivity index (χ4v) is 1.97. The van der Waals surface area contributed by atoms with Gasteiger partial charge in [0.15, 0.2) is 6.61 Å². The molecule has 0 saturated heterocycles. The molecule has 0 saturated carbocycles. The molecule has 1 amide bonds. The second-order valence-corrected chi connectivity index (χ2v) is 5.15. The van der Waals surface area contributed by atoms with Gasteiger partial charge in [0.2, 0.25) is 0 Å². The van der Waals surface area contributed by atoms with E-state index in [0.29, 0.717) is 5.69 Å². The topological polar surface area (TPSA) is 38.3 Å². The van der Waals surface area contributed by atoms with Gasteiger partial charge in [0.1, 0.15) is 11.6 Å². The second kappa shape index (κ2) is 6.72. The van der Waals surface area contributed by atoms with Crippen molar-refractivity contribution in [1.82, 2.24) is 0 Å². The monoisotopic (exact) mass is 357 g/mol. The lowest BCUT2D eigenvalue weighted by Crippen LogP contribution is -2.20. The number of nitrogens with one attached hydrogen (secondary N) is 1. The van der Waals surface area contributed by atoms with Gasteiger partial charge in [0.25, 0.3) is 5.91 Å². The molecule has 20 heavy (non-hydrogen) atoms. The van der Waals surface area contributed by atoms with Crippen LogP contribution in [0, 0.1) is 5.82 Å². The van der Waals surface area contributed by atoms with Gasteiger partial charge in [-0.15, -0.1) is 0 Å². The summed E-state index contributed by atoms with van der Waals surface area (Å²) >= 11 is 8.87. The van der Waals surface area contributed by atoms with E-state index >= 15 is 0 Å². The van der Waals surface area contributed by atoms with Crippen molar-refractivity contribution < 1.29 is 13.9 Å². The molecule has 0 atom stereocenters. The Morgan fingerprint density at radius 2 is 2.05 bits per heavy atom. The molecule has 0 heterocycles. The Bertz CT molecular complexity index is 636. The third kappa shape index (κ3) is 3.95. The van der Waals surface area contributed by atoms with E-state index in [2.05, 4.69) is 21.2 Å². The van der Waals surface area contributed by atoms with Crippen molar-refractivity contribution in [3.05, 3.63) is 57.8 Å². The number of rotatable bonds is 4. The van der Waals surface area contributed by atoms with Crippen LogP contribution in [0.15, 0.2) is 46.9 Å². The first-order chi connectivity index (χ1) is 9.56. The van der Waals surface area contributed by atoms with E-state index in [0.717, 1.165) is 10.5 Å². The molecule has 0 aromatic heterocycles. The van der Waals surface area contributed by atoms with Crippen LogP contribution in [0.2, 0.25) is 5.02 Å². The molecule has 0 spiro atoms. The Balaban J connectivity index is 1.92. The molecule has 0 aliphatic heterocycles. The predicted octanol–water partition coefficient (Wildman–Crippen LogP) is 4.26. The van der Waals surface area contributed by atoms with Gasteiger partial charge < -0.3 is 10.1 Å². The summed E-state index contributed by atoms with van der Waals surface area (Å²) in [6, 6.07) is 11.2. The van der Waals surface area contributed by atoms with Gasteiger partial charge in [-0.25, -0.2) is 4.39 Å². The first-order valence-electron chi connectivity index (χ1n) is 5.68. The van der Waals surface area contributed by atoms with Crippen LogP contribution >= 0.6 is 27.5 Å². The fraction of sp³-hybridized carbons (Fsp3) is 0.0714. The van der Waals surface area contributed by atoms with Gasteiger partial charge in [-0.05, 0) is 40.2 Å². The minimum Gasteiger partial charge on any atom is -0.484 e. The Kier molecular flexibility index (Phi) is 4.98. The number of halogens is 3. The molecule has 6 heteroatoms. The molecule has 0 radical (unpaired) electrons. The second-order valence-electron chi connectivity index (χ2n) is 3.89. The Labute approximate surface area is 128 Å². The Morgan fingerprint density at radius 3 is 2.75 bits per heavy atom. The van der Waals surface area contributed by atoms with E-state index in [-0.39, 0.29) is 23.3 Å². The van der Waals surface area contributed by atoms with Crippen molar-refractivity contribution in [3.63, 3.8) is 0 Å². The average molecular weight is 359 g/mol. The van der Waals surface area contributed by atoms with Crippen molar-refractivity contribution in [2.75, 3.05) is 11.9 Å². The summed E-state index contributed by atoms with van der Waals surface area (Å²) < 4.78 is 19.1. The van der Waals surface area contributed by atoms with Crippen LogP contribution in [-0.4, -0.2) is 12.5 Å². The summed E-state index contributed by atoms with van der Waals surface area (Å²) in [5.41, 5.74) is 0.642. The molecule has 1 N–H and O–H groups in total. The molecule has 104 valence electrons. The minimum absolute atomic E-state index is 0.00928. The highest BCUT2D eigenvalue weighted by Gasteiger charge is 2.07. The predicted molar refractivity (Wildman–Crippen MR) is 79.7 cm³/mol. The maximum Gasteiger partial charge on any atom is 0.262 e. The first kappa shape index (κ1) is 14.8. The number of carbonyl (C=O) groups excluding carboxylic acids is 1. The molecule has 0 aliphatic rings. The summed E-state index contributed by atoms with van der Waals surface area (Å²) in [4.78, 5) is 11.7. The van der Waals surface area contributed by atoms with E-state index in [4.69, 9.17) is 16.3 Å². The minimum atomic E-state index is -0.588. The number of hydrogen-bond donors (Lipinski definition) is 1. The highest BCUT2D eigenvalue weighted by atomic mass is 79.9. The van der Waals surface area contributed by atoms with Crippen LogP contribution in [-0.2, 0) is 4.79 Å². The van der Waals surface area contributed by atoms with Gasteiger partial charge >= 0.3 is 0 Å². The maximum absolute atomic E-state index is 13.2. The van der Waals surface area contributed by atoms with E-state index < -0.39 is 5.82 Å². The zero-order valence-corrected chi connectivity index (χ0v) is 12.5.